The van der Waals surface area contributed by atoms with Crippen LogP contribution in [0.25, 0.3) is 0 Å². The van der Waals surface area contributed by atoms with E-state index in [-0.39, 0.29) is 0 Å². The van der Waals surface area contributed by atoms with E-state index in [1.165, 1.54) is 36.8 Å². The second-order valence-corrected chi connectivity index (χ2v) is 14.0. The number of fused-ring (bicyclic) bond motifs is 8. The minimum atomic E-state index is 0.320. The highest BCUT2D eigenvalue weighted by Gasteiger charge is 2.45. The van der Waals surface area contributed by atoms with Gasteiger partial charge in [0.15, 0.2) is 0 Å². The molecule has 200 valence electrons. The van der Waals surface area contributed by atoms with Crippen molar-refractivity contribution in [2.24, 2.45) is 0 Å². The van der Waals surface area contributed by atoms with E-state index >= 15 is 0 Å². The molecule has 4 N–H and O–H groups in total. The van der Waals surface area contributed by atoms with Crippen LogP contribution >= 0.6 is 31.9 Å². The highest BCUT2D eigenvalue weighted by Crippen LogP contribution is 2.39. The van der Waals surface area contributed by atoms with Crippen LogP contribution < -0.4 is 21.3 Å². The smallest absolute Gasteiger partial charge is 0.0488 e. The molecule has 8 bridgehead atoms. The summed E-state index contributed by atoms with van der Waals surface area (Å²) in [5, 5.41) is 16.3. The van der Waals surface area contributed by atoms with Crippen LogP contribution in [0, 0.1) is 0 Å². The van der Waals surface area contributed by atoms with E-state index in [0.717, 1.165) is 0 Å². The molecule has 5 aliphatic rings. The third kappa shape index (κ3) is 4.80. The lowest BCUT2D eigenvalue weighted by Gasteiger charge is -2.35. The molecular weight excluding hydrogens is 600 g/mol. The van der Waals surface area contributed by atoms with E-state index < -0.39 is 0 Å². The zero-order chi connectivity index (χ0) is 25.6. The van der Waals surface area contributed by atoms with Crippen molar-refractivity contribution in [3.8, 4) is 0 Å². The van der Waals surface area contributed by atoms with Gasteiger partial charge in [0.05, 0.1) is 0 Å². The van der Waals surface area contributed by atoms with Gasteiger partial charge < -0.3 is 21.3 Å². The van der Waals surface area contributed by atoms with Crippen LogP contribution in [0.5, 0.6) is 0 Å². The summed E-state index contributed by atoms with van der Waals surface area (Å²) in [4.78, 5) is 0.705. The van der Waals surface area contributed by atoms with Crippen LogP contribution in [0.2, 0.25) is 0 Å². The Balaban J connectivity index is 1.22. The maximum atomic E-state index is 4.16. The van der Waals surface area contributed by atoms with Gasteiger partial charge in [-0.2, -0.15) is 0 Å². The topological polar surface area (TPSA) is 48.1 Å². The van der Waals surface area contributed by atoms with Gasteiger partial charge in [-0.3, -0.25) is 0 Å². The molecule has 2 aromatic rings. The van der Waals surface area contributed by atoms with Gasteiger partial charge in [-0.15, -0.1) is 0 Å². The van der Waals surface area contributed by atoms with Crippen molar-refractivity contribution in [2.75, 3.05) is 0 Å². The molecular formula is C32H38Br2N4. The first-order valence-corrected chi connectivity index (χ1v) is 16.3. The minimum absolute atomic E-state index is 0.320. The molecule has 12 atom stereocenters. The van der Waals surface area contributed by atoms with Gasteiger partial charge in [-0.05, 0) is 36.8 Å². The maximum Gasteiger partial charge on any atom is 0.0488 e. The van der Waals surface area contributed by atoms with Crippen molar-refractivity contribution in [2.45, 2.75) is 95.5 Å². The number of hydrogen-bond acceptors (Lipinski definition) is 4. The van der Waals surface area contributed by atoms with Crippen molar-refractivity contribution < 1.29 is 0 Å². The number of halogens is 2. The fraction of sp³-hybridized carbons (Fsp3) is 0.500. The minimum Gasteiger partial charge on any atom is -0.309 e. The van der Waals surface area contributed by atoms with Crippen LogP contribution in [0.3, 0.4) is 0 Å². The monoisotopic (exact) mass is 636 g/mol. The summed E-state index contributed by atoms with van der Waals surface area (Å²) < 4.78 is 0. The number of benzene rings is 2. The van der Waals surface area contributed by atoms with Crippen molar-refractivity contribution in [3.63, 3.8) is 0 Å². The Kier molecular flexibility index (Phi) is 7.40. The molecule has 12 unspecified atom stereocenters. The Morgan fingerprint density at radius 1 is 0.447 bits per heavy atom. The highest BCUT2D eigenvalue weighted by atomic mass is 79.9. The summed E-state index contributed by atoms with van der Waals surface area (Å²) >= 11 is 8.32. The van der Waals surface area contributed by atoms with Crippen molar-refractivity contribution in [1.82, 2.24) is 21.3 Å². The molecule has 3 fully saturated rings. The summed E-state index contributed by atoms with van der Waals surface area (Å²) in [5.41, 5.74) is 2.85. The Morgan fingerprint density at radius 3 is 1.24 bits per heavy atom. The largest absolute Gasteiger partial charge is 0.309 e. The molecule has 4 nitrogen and oxygen atoms in total. The normalized spacial score (nSPS) is 44.1. The van der Waals surface area contributed by atoms with E-state index in [1.807, 2.05) is 0 Å². The first kappa shape index (κ1) is 25.7. The fourth-order valence-electron chi connectivity index (χ4n) is 7.89. The quantitative estimate of drug-likeness (QED) is 0.273. The Morgan fingerprint density at radius 2 is 0.816 bits per heavy atom. The first-order chi connectivity index (χ1) is 18.7. The zero-order valence-electron chi connectivity index (χ0n) is 21.6. The third-order valence-corrected chi connectivity index (χ3v) is 12.1. The molecule has 0 amide bonds. The molecule has 0 aliphatic carbocycles. The van der Waals surface area contributed by atoms with E-state index in [9.17, 15) is 0 Å². The van der Waals surface area contributed by atoms with E-state index in [4.69, 9.17) is 0 Å². The summed E-state index contributed by atoms with van der Waals surface area (Å²) in [6, 6.07) is 25.3. The molecule has 5 heterocycles. The highest BCUT2D eigenvalue weighted by molar-refractivity contribution is 9.09. The average Bonchev–Trinajstić information content (AvgIpc) is 3.77. The summed E-state index contributed by atoms with van der Waals surface area (Å²) in [6.07, 6.45) is 14.5. The lowest BCUT2D eigenvalue weighted by atomic mass is 9.84. The first-order valence-electron chi connectivity index (χ1n) is 14.4. The Labute approximate surface area is 243 Å². The van der Waals surface area contributed by atoms with Gasteiger partial charge in [-0.25, -0.2) is 0 Å². The van der Waals surface area contributed by atoms with Gasteiger partial charge in [0, 0.05) is 69.8 Å². The lowest BCUT2D eigenvalue weighted by Crippen LogP contribution is -2.53. The fourth-order valence-corrected chi connectivity index (χ4v) is 9.38. The molecule has 6 heteroatoms. The van der Waals surface area contributed by atoms with Gasteiger partial charge >= 0.3 is 0 Å². The standard InChI is InChI=1S/C32H38Br2N4/c33-31-25-15-11-21(35-25)29(19-7-3-1-4-8-19)22-12-16-26(36-22)32(34)28-18-14-24(38-28)30(20-9-5-2-6-10-20)23-13-17-27(31)37-23/h1-11,14-15,18,21-32,35-38H,12-13,16-17H2. The number of hydrogen-bond donors (Lipinski definition) is 4. The zero-order valence-corrected chi connectivity index (χ0v) is 24.8. The lowest BCUT2D eigenvalue weighted by molar-refractivity contribution is 0.353. The van der Waals surface area contributed by atoms with E-state index in [1.54, 1.807) is 0 Å². The van der Waals surface area contributed by atoms with Gasteiger partial charge in [-0.1, -0.05) is 117 Å². The number of rotatable bonds is 2. The summed E-state index contributed by atoms with van der Waals surface area (Å²) in [7, 11) is 0. The molecule has 0 aromatic heterocycles. The van der Waals surface area contributed by atoms with Crippen LogP contribution in [0.15, 0.2) is 85.0 Å². The van der Waals surface area contributed by atoms with Crippen LogP contribution in [0.1, 0.15) is 48.6 Å². The van der Waals surface area contributed by atoms with Crippen LogP contribution in [-0.4, -0.2) is 58.0 Å². The maximum absolute atomic E-state index is 4.16. The summed E-state index contributed by atoms with van der Waals surface area (Å²) in [5.74, 6) is 0.808. The predicted molar refractivity (Wildman–Crippen MR) is 163 cm³/mol. The van der Waals surface area contributed by atoms with E-state index in [0.29, 0.717) is 69.8 Å². The second-order valence-electron chi connectivity index (χ2n) is 11.9. The average molecular weight is 638 g/mol. The second kappa shape index (κ2) is 10.9. The van der Waals surface area contributed by atoms with Crippen molar-refractivity contribution in [3.05, 3.63) is 96.1 Å². The van der Waals surface area contributed by atoms with E-state index in [2.05, 4.69) is 138 Å². The Bertz CT molecular complexity index is 1070. The number of alkyl halides is 2. The van der Waals surface area contributed by atoms with Crippen LogP contribution in [-0.2, 0) is 0 Å². The van der Waals surface area contributed by atoms with Crippen molar-refractivity contribution in [1.29, 1.82) is 0 Å². The summed E-state index contributed by atoms with van der Waals surface area (Å²) in [6.45, 7) is 0. The van der Waals surface area contributed by atoms with Gasteiger partial charge in [0.2, 0.25) is 0 Å². The Hall–Kier alpha value is -1.28. The number of nitrogens with one attached hydrogen (secondary N) is 4. The van der Waals surface area contributed by atoms with Crippen LogP contribution in [0.4, 0.5) is 0 Å². The van der Waals surface area contributed by atoms with Gasteiger partial charge in [0.1, 0.15) is 0 Å². The molecule has 3 saturated heterocycles. The molecule has 0 radical (unpaired) electrons. The SMILES string of the molecule is BrC1C2C=CC(N2)C(c2ccccc2)C2CCC(N2)C(Br)C2C=CC(N2)C(c2ccccc2)C2CCC1N2. The molecule has 0 spiro atoms. The molecule has 2 aromatic carbocycles. The molecule has 7 rings (SSSR count). The van der Waals surface area contributed by atoms with Crippen molar-refractivity contribution >= 4 is 31.9 Å². The predicted octanol–water partition coefficient (Wildman–Crippen LogP) is 5.13. The van der Waals surface area contributed by atoms with Gasteiger partial charge in [0.25, 0.3) is 0 Å². The molecule has 38 heavy (non-hydrogen) atoms. The molecule has 0 saturated carbocycles. The molecule has 5 aliphatic heterocycles. The third-order valence-electron chi connectivity index (χ3n) is 9.72.